The number of benzene rings is 1. The number of hydrogen-bond acceptors (Lipinski definition) is 4. The summed E-state index contributed by atoms with van der Waals surface area (Å²) in [6.45, 7) is 0. The number of ether oxygens (including phenoxy) is 1. The molecule has 0 saturated carbocycles. The Morgan fingerprint density at radius 1 is 1.33 bits per heavy atom. The summed E-state index contributed by atoms with van der Waals surface area (Å²) in [5.74, 6) is -0.152. The summed E-state index contributed by atoms with van der Waals surface area (Å²) in [6.07, 6.45) is 3.13. The highest BCUT2D eigenvalue weighted by Gasteiger charge is 2.15. The van der Waals surface area contributed by atoms with E-state index in [9.17, 15) is 4.39 Å². The zero-order valence-electron chi connectivity index (χ0n) is 10.2. The lowest BCUT2D eigenvalue weighted by Crippen LogP contribution is -2.19. The quantitative estimate of drug-likeness (QED) is 0.896. The highest BCUT2D eigenvalue weighted by atomic mass is 19.1. The Morgan fingerprint density at radius 2 is 2.17 bits per heavy atom. The second-order valence-corrected chi connectivity index (χ2v) is 3.75. The maximum atomic E-state index is 13.7. The number of nitrogens with zero attached hydrogens (tertiary/aromatic N) is 2. The molecule has 94 valence electrons. The molecule has 5 heteroatoms. The minimum Gasteiger partial charge on any atom is -0.494 e. The highest BCUT2D eigenvalue weighted by Crippen LogP contribution is 2.24. The first-order valence-electron chi connectivity index (χ1n) is 5.53. The Balaban J connectivity index is 2.37. The van der Waals surface area contributed by atoms with Gasteiger partial charge in [-0.1, -0.05) is 6.07 Å². The predicted octanol–water partition coefficient (Wildman–Crippen LogP) is 1.93. The summed E-state index contributed by atoms with van der Waals surface area (Å²) in [6, 6.07) is 6.49. The molecule has 1 heterocycles. The summed E-state index contributed by atoms with van der Waals surface area (Å²) in [7, 11) is 3.24. The number of aromatic nitrogens is 2. The molecule has 0 aliphatic carbocycles. The molecular weight excluding hydrogens is 233 g/mol. The van der Waals surface area contributed by atoms with E-state index in [1.807, 2.05) is 6.07 Å². The fourth-order valence-electron chi connectivity index (χ4n) is 1.82. The van der Waals surface area contributed by atoms with Crippen LogP contribution < -0.4 is 10.1 Å². The summed E-state index contributed by atoms with van der Waals surface area (Å²) < 4.78 is 18.6. The molecule has 1 aromatic heterocycles. The number of hydrogen-bond donors (Lipinski definition) is 1. The lowest BCUT2D eigenvalue weighted by Gasteiger charge is -2.16. The van der Waals surface area contributed by atoms with Crippen LogP contribution in [0.4, 0.5) is 4.39 Å². The van der Waals surface area contributed by atoms with Gasteiger partial charge in [-0.3, -0.25) is 0 Å². The van der Waals surface area contributed by atoms with Crippen molar-refractivity contribution in [2.24, 2.45) is 0 Å². The first-order valence-corrected chi connectivity index (χ1v) is 5.53. The molecular formula is C13H14FN3O. The molecule has 1 unspecified atom stereocenters. The average molecular weight is 247 g/mol. The van der Waals surface area contributed by atoms with Crippen LogP contribution in [0.25, 0.3) is 0 Å². The van der Waals surface area contributed by atoms with Crippen molar-refractivity contribution >= 4 is 0 Å². The van der Waals surface area contributed by atoms with Crippen molar-refractivity contribution in [3.63, 3.8) is 0 Å². The number of nitrogens with one attached hydrogen (secondary N) is 1. The van der Waals surface area contributed by atoms with E-state index >= 15 is 0 Å². The summed E-state index contributed by atoms with van der Waals surface area (Å²) in [5.41, 5.74) is 1.58. The van der Waals surface area contributed by atoms with Gasteiger partial charge in [0.05, 0.1) is 18.8 Å². The monoisotopic (exact) mass is 247 g/mol. The minimum atomic E-state index is -0.385. The number of methoxy groups -OCH3 is 1. The van der Waals surface area contributed by atoms with Crippen molar-refractivity contribution in [1.29, 1.82) is 0 Å². The van der Waals surface area contributed by atoms with E-state index in [4.69, 9.17) is 4.74 Å². The van der Waals surface area contributed by atoms with Gasteiger partial charge in [0.15, 0.2) is 11.6 Å². The van der Waals surface area contributed by atoms with E-state index in [1.54, 1.807) is 25.4 Å². The molecule has 2 rings (SSSR count). The summed E-state index contributed by atoms with van der Waals surface area (Å²) in [5, 5.41) is 3.10. The van der Waals surface area contributed by atoms with E-state index in [0.717, 1.165) is 11.3 Å². The first-order chi connectivity index (χ1) is 8.76. The Morgan fingerprint density at radius 3 is 2.72 bits per heavy atom. The minimum absolute atomic E-state index is 0.173. The summed E-state index contributed by atoms with van der Waals surface area (Å²) in [4.78, 5) is 8.04. The van der Waals surface area contributed by atoms with E-state index in [2.05, 4.69) is 15.3 Å². The average Bonchev–Trinajstić information content (AvgIpc) is 2.41. The van der Waals surface area contributed by atoms with Crippen LogP contribution >= 0.6 is 0 Å². The van der Waals surface area contributed by atoms with Crippen molar-refractivity contribution in [3.8, 4) is 5.75 Å². The highest BCUT2D eigenvalue weighted by molar-refractivity contribution is 5.34. The van der Waals surface area contributed by atoms with Crippen molar-refractivity contribution in [2.75, 3.05) is 14.2 Å². The van der Waals surface area contributed by atoms with Gasteiger partial charge in [-0.2, -0.15) is 0 Å². The van der Waals surface area contributed by atoms with Gasteiger partial charge < -0.3 is 10.1 Å². The number of halogens is 1. The molecule has 0 aliphatic heterocycles. The maximum absolute atomic E-state index is 13.7. The van der Waals surface area contributed by atoms with Crippen LogP contribution in [0.15, 0.2) is 36.8 Å². The van der Waals surface area contributed by atoms with E-state index in [-0.39, 0.29) is 17.6 Å². The molecule has 1 atom stereocenters. The second-order valence-electron chi connectivity index (χ2n) is 3.75. The normalized spacial score (nSPS) is 12.2. The van der Waals surface area contributed by atoms with Gasteiger partial charge >= 0.3 is 0 Å². The van der Waals surface area contributed by atoms with Gasteiger partial charge in [0.25, 0.3) is 0 Å². The SMILES string of the molecule is CNC(c1ccc(OC)c(F)c1)c1ccncn1. The standard InChI is InChI=1S/C13H14FN3O/c1-15-13(11-5-6-16-8-17-11)9-3-4-12(18-2)10(14)7-9/h3-8,13,15H,1-2H3. The van der Waals surface area contributed by atoms with Gasteiger partial charge in [0.1, 0.15) is 6.33 Å². The second kappa shape index (κ2) is 5.55. The largest absolute Gasteiger partial charge is 0.494 e. The van der Waals surface area contributed by atoms with Gasteiger partial charge in [-0.25, -0.2) is 14.4 Å². The molecule has 0 fully saturated rings. The lowest BCUT2D eigenvalue weighted by atomic mass is 10.0. The topological polar surface area (TPSA) is 47.0 Å². The lowest BCUT2D eigenvalue weighted by molar-refractivity contribution is 0.386. The molecule has 18 heavy (non-hydrogen) atoms. The molecule has 0 bridgehead atoms. The van der Waals surface area contributed by atoms with Crippen LogP contribution in [0.1, 0.15) is 17.3 Å². The summed E-state index contributed by atoms with van der Waals surface area (Å²) >= 11 is 0. The molecule has 2 aromatic rings. The molecule has 0 spiro atoms. The van der Waals surface area contributed by atoms with Gasteiger partial charge in [0.2, 0.25) is 0 Å². The smallest absolute Gasteiger partial charge is 0.165 e. The van der Waals surface area contributed by atoms with Crippen LogP contribution in [0.2, 0.25) is 0 Å². The van der Waals surface area contributed by atoms with Gasteiger partial charge in [-0.05, 0) is 30.8 Å². The third-order valence-corrected chi connectivity index (χ3v) is 2.70. The molecule has 1 aromatic carbocycles. The van der Waals surface area contributed by atoms with E-state index in [1.165, 1.54) is 19.5 Å². The third kappa shape index (κ3) is 2.46. The fourth-order valence-corrected chi connectivity index (χ4v) is 1.82. The van der Waals surface area contributed by atoms with Crippen LogP contribution in [0.3, 0.4) is 0 Å². The van der Waals surface area contributed by atoms with Crippen molar-refractivity contribution in [1.82, 2.24) is 15.3 Å². The zero-order chi connectivity index (χ0) is 13.0. The van der Waals surface area contributed by atoms with Crippen LogP contribution in [0, 0.1) is 5.82 Å². The maximum Gasteiger partial charge on any atom is 0.165 e. The predicted molar refractivity (Wildman–Crippen MR) is 65.9 cm³/mol. The van der Waals surface area contributed by atoms with Crippen molar-refractivity contribution in [3.05, 3.63) is 53.9 Å². The van der Waals surface area contributed by atoms with Crippen molar-refractivity contribution < 1.29 is 9.13 Å². The number of rotatable bonds is 4. The van der Waals surface area contributed by atoms with Crippen LogP contribution in [0.5, 0.6) is 5.75 Å². The van der Waals surface area contributed by atoms with Gasteiger partial charge in [0, 0.05) is 6.20 Å². The van der Waals surface area contributed by atoms with E-state index < -0.39 is 0 Å². The van der Waals surface area contributed by atoms with Crippen LogP contribution in [-0.2, 0) is 0 Å². The molecule has 0 radical (unpaired) electrons. The van der Waals surface area contributed by atoms with Gasteiger partial charge in [-0.15, -0.1) is 0 Å². The molecule has 0 saturated heterocycles. The molecule has 4 nitrogen and oxygen atoms in total. The fraction of sp³-hybridized carbons (Fsp3) is 0.231. The Labute approximate surface area is 105 Å². The van der Waals surface area contributed by atoms with E-state index in [0.29, 0.717) is 0 Å². The molecule has 1 N–H and O–H groups in total. The zero-order valence-corrected chi connectivity index (χ0v) is 10.2. The Kier molecular flexibility index (Phi) is 3.84. The van der Waals surface area contributed by atoms with Crippen molar-refractivity contribution in [2.45, 2.75) is 6.04 Å². The first kappa shape index (κ1) is 12.4. The molecule has 0 aliphatic rings. The third-order valence-electron chi connectivity index (χ3n) is 2.70. The molecule has 0 amide bonds. The Hall–Kier alpha value is -2.01. The Bertz CT molecular complexity index is 519. The van der Waals surface area contributed by atoms with Crippen LogP contribution in [-0.4, -0.2) is 24.1 Å².